The van der Waals surface area contributed by atoms with Crippen LogP contribution in [0, 0.1) is 0 Å². The third-order valence-electron chi connectivity index (χ3n) is 1.74. The number of rotatable bonds is 2. The van der Waals surface area contributed by atoms with Crippen molar-refractivity contribution >= 4 is 29.0 Å². The highest BCUT2D eigenvalue weighted by Crippen LogP contribution is 2.23. The summed E-state index contributed by atoms with van der Waals surface area (Å²) in [5, 5.41) is 1.000. The van der Waals surface area contributed by atoms with Gasteiger partial charge in [-0.15, -0.1) is 0 Å². The second-order valence-corrected chi connectivity index (χ2v) is 2.92. The lowest BCUT2D eigenvalue weighted by molar-refractivity contribution is -0.120. The molecular weight excluding hydrogens is 204 g/mol. The van der Waals surface area contributed by atoms with Gasteiger partial charge in [0.25, 0.3) is 6.47 Å². The Morgan fingerprint density at radius 3 is 3.00 bits per heavy atom. The van der Waals surface area contributed by atoms with Gasteiger partial charge < -0.3 is 4.74 Å². The van der Waals surface area contributed by atoms with E-state index in [1.54, 1.807) is 18.2 Å². The van der Waals surface area contributed by atoms with Gasteiger partial charge in [0.05, 0.1) is 5.52 Å². The number of benzene rings is 1. The molecule has 0 saturated heterocycles. The van der Waals surface area contributed by atoms with Crippen molar-refractivity contribution in [3.05, 3.63) is 29.7 Å². The summed E-state index contributed by atoms with van der Waals surface area (Å²) in [6.45, 7) is 0.360. The average molecular weight is 209 g/mol. The highest BCUT2D eigenvalue weighted by molar-refractivity contribution is 6.34. The fourth-order valence-electron chi connectivity index (χ4n) is 1.13. The maximum atomic E-state index is 10.1. The van der Waals surface area contributed by atoms with Crippen molar-refractivity contribution in [2.24, 2.45) is 0 Å². The molecule has 1 heterocycles. The number of fused-ring (bicyclic) bond motifs is 1. The fraction of sp³-hybridized carbons (Fsp3) is 0. The maximum Gasteiger partial charge on any atom is 0.298 e. The predicted octanol–water partition coefficient (Wildman–Crippen LogP) is 1.82. The van der Waals surface area contributed by atoms with E-state index in [2.05, 4.69) is 14.7 Å². The minimum atomic E-state index is 0.339. The Labute approximate surface area is 84.5 Å². The topological polar surface area (TPSA) is 52.1 Å². The fourth-order valence-corrected chi connectivity index (χ4v) is 1.33. The Morgan fingerprint density at radius 1 is 1.36 bits per heavy atom. The summed E-state index contributed by atoms with van der Waals surface area (Å²) in [7, 11) is 0. The van der Waals surface area contributed by atoms with Crippen LogP contribution >= 0.6 is 11.6 Å². The van der Waals surface area contributed by atoms with Gasteiger partial charge in [0.15, 0.2) is 0 Å². The lowest BCUT2D eigenvalue weighted by Crippen LogP contribution is -1.89. The van der Waals surface area contributed by atoms with Gasteiger partial charge in [-0.3, -0.25) is 4.79 Å². The summed E-state index contributed by atoms with van der Waals surface area (Å²) >= 11 is 5.83. The maximum absolute atomic E-state index is 10.1. The van der Waals surface area contributed by atoms with Gasteiger partial charge in [0.1, 0.15) is 17.2 Å². The second kappa shape index (κ2) is 3.59. The Hall–Kier alpha value is -1.68. The van der Waals surface area contributed by atoms with E-state index in [-0.39, 0.29) is 0 Å². The number of nitrogens with zero attached hydrogens (tertiary/aromatic N) is 2. The Balaban J connectivity index is 2.63. The number of hydrogen-bond acceptors (Lipinski definition) is 4. The Kier molecular flexibility index (Phi) is 2.28. The number of hydrogen-bond donors (Lipinski definition) is 0. The summed E-state index contributed by atoms with van der Waals surface area (Å²) in [5.74, 6) is 0.421. The van der Waals surface area contributed by atoms with Crippen molar-refractivity contribution in [1.82, 2.24) is 9.97 Å². The number of aromatic nitrogens is 2. The first kappa shape index (κ1) is 8.90. The molecule has 14 heavy (non-hydrogen) atoms. The number of carbonyl (C=O) groups excluding carboxylic acids is 1. The molecule has 0 fully saturated rings. The van der Waals surface area contributed by atoms with Crippen LogP contribution < -0.4 is 4.74 Å². The molecule has 1 aromatic heterocycles. The first-order chi connectivity index (χ1) is 6.81. The zero-order chi connectivity index (χ0) is 9.97. The van der Waals surface area contributed by atoms with E-state index in [9.17, 15) is 4.79 Å². The molecular formula is C9H5ClN2O2. The van der Waals surface area contributed by atoms with Crippen molar-refractivity contribution in [3.63, 3.8) is 0 Å². The molecule has 2 aromatic rings. The van der Waals surface area contributed by atoms with Gasteiger partial charge in [-0.25, -0.2) is 9.97 Å². The molecule has 0 aliphatic rings. The molecule has 0 amide bonds. The summed E-state index contributed by atoms with van der Waals surface area (Å²) in [4.78, 5) is 17.9. The van der Waals surface area contributed by atoms with Crippen molar-refractivity contribution in [2.75, 3.05) is 0 Å². The quantitative estimate of drug-likeness (QED) is 0.558. The SMILES string of the molecule is O=COc1ccc2ncnc(Cl)c2c1. The first-order valence-corrected chi connectivity index (χ1v) is 4.19. The van der Waals surface area contributed by atoms with Crippen LogP contribution in [0.4, 0.5) is 0 Å². The van der Waals surface area contributed by atoms with E-state index in [1.807, 2.05) is 0 Å². The van der Waals surface area contributed by atoms with E-state index in [4.69, 9.17) is 11.6 Å². The lowest BCUT2D eigenvalue weighted by atomic mass is 10.2. The van der Waals surface area contributed by atoms with Gasteiger partial charge >= 0.3 is 0 Å². The van der Waals surface area contributed by atoms with Gasteiger partial charge in [0, 0.05) is 5.39 Å². The van der Waals surface area contributed by atoms with Crippen LogP contribution in [0.5, 0.6) is 5.75 Å². The first-order valence-electron chi connectivity index (χ1n) is 3.82. The number of carbonyl (C=O) groups is 1. The Bertz CT molecular complexity index is 487. The van der Waals surface area contributed by atoms with Crippen molar-refractivity contribution in [1.29, 1.82) is 0 Å². The summed E-state index contributed by atoms with van der Waals surface area (Å²) < 4.78 is 4.67. The molecule has 70 valence electrons. The molecule has 0 aliphatic heterocycles. The van der Waals surface area contributed by atoms with Crippen LogP contribution in [0.25, 0.3) is 10.9 Å². The molecule has 1 aromatic carbocycles. The monoisotopic (exact) mass is 208 g/mol. The van der Waals surface area contributed by atoms with Crippen LogP contribution in [0.15, 0.2) is 24.5 Å². The highest BCUT2D eigenvalue weighted by Gasteiger charge is 2.02. The second-order valence-electron chi connectivity index (χ2n) is 2.56. The highest BCUT2D eigenvalue weighted by atomic mass is 35.5. The third kappa shape index (κ3) is 1.52. The smallest absolute Gasteiger partial charge is 0.298 e. The molecule has 0 saturated carbocycles. The average Bonchev–Trinajstić information content (AvgIpc) is 2.20. The third-order valence-corrected chi connectivity index (χ3v) is 2.04. The van der Waals surface area contributed by atoms with E-state index >= 15 is 0 Å². The molecule has 0 N–H and O–H groups in total. The van der Waals surface area contributed by atoms with E-state index in [0.29, 0.717) is 28.3 Å². The minimum Gasteiger partial charge on any atom is -0.429 e. The Morgan fingerprint density at radius 2 is 2.21 bits per heavy atom. The van der Waals surface area contributed by atoms with E-state index in [1.165, 1.54) is 6.33 Å². The number of halogens is 1. The standard InChI is InChI=1S/C9H5ClN2O2/c10-9-7-3-6(14-5-13)1-2-8(7)11-4-12-9/h1-5H. The minimum absolute atomic E-state index is 0.339. The van der Waals surface area contributed by atoms with Crippen molar-refractivity contribution in [2.45, 2.75) is 0 Å². The molecule has 0 spiro atoms. The molecule has 2 rings (SSSR count). The van der Waals surface area contributed by atoms with Crippen LogP contribution in [0.1, 0.15) is 0 Å². The zero-order valence-corrected chi connectivity index (χ0v) is 7.73. The van der Waals surface area contributed by atoms with Gasteiger partial charge in [-0.05, 0) is 18.2 Å². The molecule has 0 unspecified atom stereocenters. The van der Waals surface area contributed by atoms with Gasteiger partial charge in [-0.1, -0.05) is 11.6 Å². The summed E-state index contributed by atoms with van der Waals surface area (Å²) in [6, 6.07) is 4.97. The zero-order valence-electron chi connectivity index (χ0n) is 6.98. The normalized spacial score (nSPS) is 10.1. The number of ether oxygens (including phenoxy) is 1. The molecule has 0 radical (unpaired) electrons. The predicted molar refractivity (Wildman–Crippen MR) is 51.2 cm³/mol. The lowest BCUT2D eigenvalue weighted by Gasteiger charge is -2.00. The van der Waals surface area contributed by atoms with Crippen LogP contribution in [0.2, 0.25) is 5.15 Å². The molecule has 5 heteroatoms. The van der Waals surface area contributed by atoms with E-state index < -0.39 is 0 Å². The van der Waals surface area contributed by atoms with Gasteiger partial charge in [0.2, 0.25) is 0 Å². The van der Waals surface area contributed by atoms with Crippen molar-refractivity contribution in [3.8, 4) is 5.75 Å². The molecule has 0 atom stereocenters. The van der Waals surface area contributed by atoms with E-state index in [0.717, 1.165) is 0 Å². The van der Waals surface area contributed by atoms with Crippen LogP contribution in [-0.2, 0) is 4.79 Å². The largest absolute Gasteiger partial charge is 0.429 e. The molecule has 0 aliphatic carbocycles. The van der Waals surface area contributed by atoms with Crippen molar-refractivity contribution < 1.29 is 9.53 Å². The molecule has 4 nitrogen and oxygen atoms in total. The summed E-state index contributed by atoms with van der Waals surface area (Å²) in [5.41, 5.74) is 0.711. The summed E-state index contributed by atoms with van der Waals surface area (Å²) in [6.07, 6.45) is 1.38. The van der Waals surface area contributed by atoms with Crippen LogP contribution in [0.3, 0.4) is 0 Å². The van der Waals surface area contributed by atoms with Gasteiger partial charge in [-0.2, -0.15) is 0 Å². The molecule has 0 bridgehead atoms. The van der Waals surface area contributed by atoms with Crippen LogP contribution in [-0.4, -0.2) is 16.4 Å².